The van der Waals surface area contributed by atoms with E-state index in [1.165, 1.54) is 6.07 Å². The monoisotopic (exact) mass is 271 g/mol. The van der Waals surface area contributed by atoms with Crippen LogP contribution in [0.15, 0.2) is 18.2 Å². The van der Waals surface area contributed by atoms with Crippen molar-refractivity contribution in [3.63, 3.8) is 0 Å². The molecule has 0 aliphatic rings. The molecule has 1 rings (SSSR count). The van der Waals surface area contributed by atoms with Gasteiger partial charge in [-0.1, -0.05) is 6.32 Å². The predicted octanol–water partition coefficient (Wildman–Crippen LogP) is -0.553. The van der Waals surface area contributed by atoms with E-state index in [9.17, 15) is 13.2 Å². The molecule has 0 spiro atoms. The van der Waals surface area contributed by atoms with E-state index < -0.39 is 21.8 Å². The maximum absolute atomic E-state index is 11.6. The van der Waals surface area contributed by atoms with Gasteiger partial charge in [-0.25, -0.2) is 4.79 Å². The van der Waals surface area contributed by atoms with Crippen LogP contribution in [0.25, 0.3) is 0 Å². The van der Waals surface area contributed by atoms with Gasteiger partial charge in [-0.15, -0.1) is 0 Å². The molecule has 1 aromatic rings. The first-order valence-corrected chi connectivity index (χ1v) is 6.95. The molecule has 0 fully saturated rings. The zero-order valence-corrected chi connectivity index (χ0v) is 10.7. The Balaban J connectivity index is 2.67. The minimum atomic E-state index is -4.12. The summed E-state index contributed by atoms with van der Waals surface area (Å²) in [5.41, 5.74) is 7.40. The van der Waals surface area contributed by atoms with Gasteiger partial charge >= 0.3 is 5.97 Å². The molecule has 6 nitrogen and oxygen atoms in total. The van der Waals surface area contributed by atoms with Crippen molar-refractivity contribution in [2.45, 2.75) is 6.32 Å². The SMILES string of the molecule is BCc1cc(C(=O)OCCS(=O)(=O)O)ccc1N. The van der Waals surface area contributed by atoms with Gasteiger partial charge < -0.3 is 10.5 Å². The zero-order chi connectivity index (χ0) is 13.8. The Morgan fingerprint density at radius 1 is 1.44 bits per heavy atom. The van der Waals surface area contributed by atoms with Crippen LogP contribution in [0.1, 0.15) is 15.9 Å². The van der Waals surface area contributed by atoms with Crippen molar-refractivity contribution in [1.29, 1.82) is 0 Å². The molecule has 0 saturated heterocycles. The molecule has 8 heteroatoms. The van der Waals surface area contributed by atoms with E-state index in [4.69, 9.17) is 15.0 Å². The minimum absolute atomic E-state index is 0.302. The predicted molar refractivity (Wildman–Crippen MR) is 69.8 cm³/mol. The highest BCUT2D eigenvalue weighted by molar-refractivity contribution is 7.85. The summed E-state index contributed by atoms with van der Waals surface area (Å²) in [5, 5.41) is 0. The minimum Gasteiger partial charge on any atom is -0.461 e. The Morgan fingerprint density at radius 3 is 2.67 bits per heavy atom. The van der Waals surface area contributed by atoms with Gasteiger partial charge in [0.2, 0.25) is 0 Å². The second kappa shape index (κ2) is 5.88. The van der Waals surface area contributed by atoms with E-state index in [1.807, 2.05) is 7.85 Å². The Bertz CT molecular complexity index is 543. The van der Waals surface area contributed by atoms with Crippen LogP contribution in [-0.2, 0) is 21.2 Å². The first-order chi connectivity index (χ1) is 8.33. The number of benzene rings is 1. The summed E-state index contributed by atoms with van der Waals surface area (Å²) in [6.45, 7) is -0.385. The maximum atomic E-state index is 11.6. The number of carbonyl (C=O) groups is 1. The quantitative estimate of drug-likeness (QED) is 0.322. The Labute approximate surface area is 106 Å². The highest BCUT2D eigenvalue weighted by Crippen LogP contribution is 2.14. The van der Waals surface area contributed by atoms with Gasteiger partial charge in [0.1, 0.15) is 20.2 Å². The van der Waals surface area contributed by atoms with Crippen LogP contribution in [-0.4, -0.2) is 39.1 Å². The van der Waals surface area contributed by atoms with Gasteiger partial charge in [-0.05, 0) is 23.8 Å². The van der Waals surface area contributed by atoms with Crippen LogP contribution >= 0.6 is 0 Å². The summed E-state index contributed by atoms with van der Waals surface area (Å²) in [5.74, 6) is -1.26. The van der Waals surface area contributed by atoms with Crippen molar-refractivity contribution in [2.24, 2.45) is 0 Å². The second-order valence-corrected chi connectivity index (χ2v) is 5.26. The van der Waals surface area contributed by atoms with E-state index in [-0.39, 0.29) is 6.61 Å². The summed E-state index contributed by atoms with van der Waals surface area (Å²) >= 11 is 0. The van der Waals surface area contributed by atoms with Crippen LogP contribution in [0.4, 0.5) is 5.69 Å². The fourth-order valence-electron chi connectivity index (χ4n) is 1.36. The van der Waals surface area contributed by atoms with Gasteiger partial charge in [0.25, 0.3) is 10.1 Å². The lowest BCUT2D eigenvalue weighted by atomic mass is 9.94. The first-order valence-electron chi connectivity index (χ1n) is 5.34. The van der Waals surface area contributed by atoms with Gasteiger partial charge in [0.15, 0.2) is 0 Å². The molecule has 0 aromatic heterocycles. The van der Waals surface area contributed by atoms with Crippen molar-refractivity contribution < 1.29 is 22.5 Å². The molecular formula is C10H14BNO5S. The molecule has 18 heavy (non-hydrogen) atoms. The Morgan fingerprint density at radius 2 is 2.11 bits per heavy atom. The smallest absolute Gasteiger partial charge is 0.338 e. The maximum Gasteiger partial charge on any atom is 0.338 e. The topological polar surface area (TPSA) is 107 Å². The number of anilines is 1. The molecule has 0 bridgehead atoms. The molecule has 0 aliphatic heterocycles. The molecule has 0 radical (unpaired) electrons. The average molecular weight is 271 g/mol. The molecule has 0 aliphatic carbocycles. The molecule has 0 atom stereocenters. The standard InChI is InChI=1S/C10H14BNO5S/c11-6-8-5-7(1-2-9(8)12)10(13)17-3-4-18(14,15)16/h1-2,5H,3-4,6,11-12H2,(H,14,15,16). The fourth-order valence-corrected chi connectivity index (χ4v) is 1.66. The highest BCUT2D eigenvalue weighted by atomic mass is 32.2. The number of nitrogens with two attached hydrogens (primary N) is 1. The van der Waals surface area contributed by atoms with E-state index in [0.717, 1.165) is 5.56 Å². The number of hydrogen-bond acceptors (Lipinski definition) is 5. The zero-order valence-electron chi connectivity index (χ0n) is 9.92. The number of nitrogen functional groups attached to an aromatic ring is 1. The van der Waals surface area contributed by atoms with Gasteiger partial charge in [-0.2, -0.15) is 8.42 Å². The first kappa shape index (κ1) is 14.5. The van der Waals surface area contributed by atoms with Crippen LogP contribution in [0.3, 0.4) is 0 Å². The summed E-state index contributed by atoms with van der Waals surface area (Å²) in [6.07, 6.45) is 0.679. The molecule has 1 aromatic carbocycles. The Hall–Kier alpha value is -1.54. The van der Waals surface area contributed by atoms with E-state index in [0.29, 0.717) is 17.6 Å². The van der Waals surface area contributed by atoms with Crippen molar-refractivity contribution in [3.8, 4) is 0 Å². The van der Waals surface area contributed by atoms with E-state index >= 15 is 0 Å². The van der Waals surface area contributed by atoms with Gasteiger partial charge in [0.05, 0.1) is 5.56 Å². The van der Waals surface area contributed by atoms with Crippen molar-refractivity contribution >= 4 is 29.6 Å². The highest BCUT2D eigenvalue weighted by Gasteiger charge is 2.11. The summed E-state index contributed by atoms with van der Waals surface area (Å²) in [4.78, 5) is 11.6. The van der Waals surface area contributed by atoms with E-state index in [1.54, 1.807) is 12.1 Å². The van der Waals surface area contributed by atoms with Crippen LogP contribution < -0.4 is 5.73 Å². The summed E-state index contributed by atoms with van der Waals surface area (Å²) < 4.78 is 34.1. The fraction of sp³-hybridized carbons (Fsp3) is 0.300. The molecular weight excluding hydrogens is 257 g/mol. The van der Waals surface area contributed by atoms with Crippen LogP contribution in [0, 0.1) is 0 Å². The third kappa shape index (κ3) is 4.38. The third-order valence-corrected chi connectivity index (χ3v) is 3.02. The summed E-state index contributed by atoms with van der Waals surface area (Å²) in [7, 11) is -2.22. The summed E-state index contributed by atoms with van der Waals surface area (Å²) in [6, 6.07) is 4.70. The van der Waals surface area contributed by atoms with E-state index in [2.05, 4.69) is 0 Å². The lowest BCUT2D eigenvalue weighted by Crippen LogP contribution is -2.15. The number of esters is 1. The second-order valence-electron chi connectivity index (χ2n) is 3.69. The number of rotatable bonds is 5. The van der Waals surface area contributed by atoms with Gasteiger partial charge in [-0.3, -0.25) is 4.55 Å². The van der Waals surface area contributed by atoms with Gasteiger partial charge in [0, 0.05) is 5.69 Å². The van der Waals surface area contributed by atoms with Crippen LogP contribution in [0.5, 0.6) is 0 Å². The van der Waals surface area contributed by atoms with Crippen molar-refractivity contribution in [2.75, 3.05) is 18.1 Å². The number of ether oxygens (including phenoxy) is 1. The van der Waals surface area contributed by atoms with Crippen molar-refractivity contribution in [3.05, 3.63) is 29.3 Å². The van der Waals surface area contributed by atoms with Crippen LogP contribution in [0.2, 0.25) is 0 Å². The molecule has 0 saturated carbocycles. The number of hydrogen-bond donors (Lipinski definition) is 2. The molecule has 0 unspecified atom stereocenters. The third-order valence-electron chi connectivity index (χ3n) is 2.33. The molecule has 3 N–H and O–H groups in total. The van der Waals surface area contributed by atoms with Crippen molar-refractivity contribution in [1.82, 2.24) is 0 Å². The Kier molecular flexibility index (Phi) is 4.74. The molecule has 0 heterocycles. The molecule has 0 amide bonds. The number of carbonyl (C=O) groups excluding carboxylic acids is 1. The lowest BCUT2D eigenvalue weighted by molar-refractivity contribution is 0.0528. The average Bonchev–Trinajstić information content (AvgIpc) is 2.27. The molecule has 98 valence electrons. The largest absolute Gasteiger partial charge is 0.461 e. The normalized spacial score (nSPS) is 11.2. The lowest BCUT2D eigenvalue weighted by Gasteiger charge is -2.07.